The van der Waals surface area contributed by atoms with Gasteiger partial charge < -0.3 is 14.8 Å². The van der Waals surface area contributed by atoms with E-state index < -0.39 is 11.7 Å². The number of fused-ring (bicyclic) bond motifs is 5. The lowest BCUT2D eigenvalue weighted by Gasteiger charge is -2.17. The fourth-order valence-electron chi connectivity index (χ4n) is 3.15. The summed E-state index contributed by atoms with van der Waals surface area (Å²) in [7, 11) is 1.51. The third-order valence-electron chi connectivity index (χ3n) is 4.49. The number of pyridine rings is 1. The Morgan fingerprint density at radius 1 is 1.21 bits per heavy atom. The van der Waals surface area contributed by atoms with Crippen LogP contribution in [0.5, 0.6) is 11.6 Å². The summed E-state index contributed by atoms with van der Waals surface area (Å²) in [4.78, 5) is 13.4. The maximum atomic E-state index is 13.4. The maximum absolute atomic E-state index is 13.4. The van der Waals surface area contributed by atoms with E-state index in [9.17, 15) is 13.2 Å². The van der Waals surface area contributed by atoms with Crippen molar-refractivity contribution < 1.29 is 22.6 Å². The van der Waals surface area contributed by atoms with Crippen LogP contribution in [0, 0.1) is 0 Å². The largest absolute Gasteiger partial charge is 0.493 e. The van der Waals surface area contributed by atoms with Crippen molar-refractivity contribution in [3.8, 4) is 11.6 Å². The number of ether oxygens (including phenoxy) is 2. The first-order valence-corrected chi connectivity index (χ1v) is 9.63. The van der Waals surface area contributed by atoms with E-state index in [2.05, 4.69) is 36.2 Å². The monoisotopic (exact) mass is 468 g/mol. The second kappa shape index (κ2) is 7.66. The second-order valence-corrected chi connectivity index (χ2v) is 7.29. The van der Waals surface area contributed by atoms with Crippen molar-refractivity contribution in [2.45, 2.75) is 25.6 Å². The third-order valence-corrected chi connectivity index (χ3v) is 5.06. The van der Waals surface area contributed by atoms with E-state index >= 15 is 0 Å². The number of benzene rings is 1. The van der Waals surface area contributed by atoms with Gasteiger partial charge in [0.15, 0.2) is 5.65 Å². The predicted octanol–water partition coefficient (Wildman–Crippen LogP) is 4.75. The lowest BCUT2D eigenvalue weighted by molar-refractivity contribution is -0.139. The molecule has 0 atom stereocenters. The standard InChI is InChI=1S/C19H16BrF3N4O2/c1-28-18-13(20)8-11-16-24-9-10-4-2-5-12(19(21,22)23)15(10)29-7-3-6-14(25-16)26-17(11)27-18/h2,4-5,8H,3,6-7,9H2,1H3,(H,24,25,26,27). The van der Waals surface area contributed by atoms with Gasteiger partial charge in [-0.1, -0.05) is 12.1 Å². The summed E-state index contributed by atoms with van der Waals surface area (Å²) >= 11 is 3.39. The van der Waals surface area contributed by atoms with E-state index in [1.54, 1.807) is 12.1 Å². The molecule has 0 spiro atoms. The van der Waals surface area contributed by atoms with Gasteiger partial charge in [0, 0.05) is 18.5 Å². The van der Waals surface area contributed by atoms with Crippen molar-refractivity contribution in [2.24, 2.45) is 0 Å². The van der Waals surface area contributed by atoms with Crippen LogP contribution in [0.3, 0.4) is 0 Å². The molecule has 0 saturated carbocycles. The van der Waals surface area contributed by atoms with Crippen molar-refractivity contribution >= 4 is 32.8 Å². The van der Waals surface area contributed by atoms with Crippen LogP contribution in [0.1, 0.15) is 23.4 Å². The highest BCUT2D eigenvalue weighted by Gasteiger charge is 2.35. The molecular formula is C19H16BrF3N4O2. The zero-order valence-electron chi connectivity index (χ0n) is 15.3. The Morgan fingerprint density at radius 3 is 2.79 bits per heavy atom. The lowest BCUT2D eigenvalue weighted by atomic mass is 10.1. The fourth-order valence-corrected chi connectivity index (χ4v) is 3.63. The minimum absolute atomic E-state index is 0.106. The molecule has 4 rings (SSSR count). The Kier molecular flexibility index (Phi) is 5.20. The number of rotatable bonds is 1. The van der Waals surface area contributed by atoms with E-state index in [0.717, 1.165) is 6.07 Å². The fraction of sp³-hybridized carbons (Fsp3) is 0.316. The topological polar surface area (TPSA) is 69.2 Å². The summed E-state index contributed by atoms with van der Waals surface area (Å²) < 4.78 is 51.7. The number of hydrogen-bond donors (Lipinski definition) is 1. The Balaban J connectivity index is 1.81. The van der Waals surface area contributed by atoms with Crippen LogP contribution >= 0.6 is 15.9 Å². The number of para-hydroxylation sites is 1. The number of halogens is 4. The number of nitrogens with zero attached hydrogens (tertiary/aromatic N) is 3. The van der Waals surface area contributed by atoms with Gasteiger partial charge in [-0.2, -0.15) is 18.2 Å². The van der Waals surface area contributed by atoms with Crippen molar-refractivity contribution in [3.05, 3.63) is 45.7 Å². The lowest BCUT2D eigenvalue weighted by Crippen LogP contribution is -2.12. The maximum Gasteiger partial charge on any atom is 0.419 e. The van der Waals surface area contributed by atoms with Crippen LogP contribution in [0.15, 0.2) is 28.7 Å². The normalized spacial score (nSPS) is 14.4. The summed E-state index contributed by atoms with van der Waals surface area (Å²) in [5.74, 6) is 1.26. The highest BCUT2D eigenvalue weighted by Crippen LogP contribution is 2.39. The Morgan fingerprint density at radius 2 is 2.03 bits per heavy atom. The van der Waals surface area contributed by atoms with E-state index in [-0.39, 0.29) is 18.9 Å². The Bertz CT molecular complexity index is 1080. The minimum Gasteiger partial charge on any atom is -0.493 e. The average Bonchev–Trinajstić information content (AvgIpc) is 2.71. The molecule has 6 nitrogen and oxygen atoms in total. The van der Waals surface area contributed by atoms with Crippen molar-refractivity contribution in [1.29, 1.82) is 0 Å². The molecule has 3 heterocycles. The molecule has 1 aliphatic heterocycles. The van der Waals surface area contributed by atoms with Crippen molar-refractivity contribution in [3.63, 3.8) is 0 Å². The van der Waals surface area contributed by atoms with E-state index in [1.165, 1.54) is 13.2 Å². The van der Waals surface area contributed by atoms with Crippen molar-refractivity contribution in [1.82, 2.24) is 15.0 Å². The average molecular weight is 469 g/mol. The molecule has 152 valence electrons. The van der Waals surface area contributed by atoms with Crippen LogP contribution in [-0.2, 0) is 19.1 Å². The summed E-state index contributed by atoms with van der Waals surface area (Å²) in [6.45, 7) is 0.225. The van der Waals surface area contributed by atoms with Crippen LogP contribution in [-0.4, -0.2) is 28.7 Å². The highest BCUT2D eigenvalue weighted by molar-refractivity contribution is 9.10. The van der Waals surface area contributed by atoms with Gasteiger partial charge in [-0.3, -0.25) is 0 Å². The molecule has 1 aliphatic rings. The van der Waals surface area contributed by atoms with Gasteiger partial charge in [-0.25, -0.2) is 9.97 Å². The number of alkyl halides is 3. The van der Waals surface area contributed by atoms with Crippen LogP contribution in [0.25, 0.3) is 11.0 Å². The van der Waals surface area contributed by atoms with Crippen molar-refractivity contribution in [2.75, 3.05) is 19.0 Å². The molecular weight excluding hydrogens is 453 g/mol. The molecule has 2 bridgehead atoms. The number of anilines is 1. The molecule has 0 saturated heterocycles. The number of methoxy groups -OCH3 is 1. The number of aryl methyl sites for hydroxylation is 1. The first-order valence-electron chi connectivity index (χ1n) is 8.83. The molecule has 0 amide bonds. The summed E-state index contributed by atoms with van der Waals surface area (Å²) in [5, 5.41) is 3.76. The quantitative estimate of drug-likeness (QED) is 0.555. The van der Waals surface area contributed by atoms with Gasteiger partial charge in [0.25, 0.3) is 0 Å². The molecule has 0 radical (unpaired) electrons. The molecule has 3 aromatic rings. The SMILES string of the molecule is COc1nc2nc3nc(c2cc1Br)NCc1cccc(C(F)(F)F)c1OCCC3. The van der Waals surface area contributed by atoms with Gasteiger partial charge >= 0.3 is 6.18 Å². The number of hydrogen-bond acceptors (Lipinski definition) is 6. The van der Waals surface area contributed by atoms with Gasteiger partial charge in [-0.05, 0) is 34.5 Å². The second-order valence-electron chi connectivity index (χ2n) is 6.44. The van der Waals surface area contributed by atoms with E-state index in [0.29, 0.717) is 51.4 Å². The van der Waals surface area contributed by atoms with Gasteiger partial charge in [0.1, 0.15) is 17.4 Å². The third kappa shape index (κ3) is 3.93. The zero-order valence-corrected chi connectivity index (χ0v) is 16.9. The molecule has 0 unspecified atom stereocenters. The molecule has 0 fully saturated rings. The summed E-state index contributed by atoms with van der Waals surface area (Å²) in [6, 6.07) is 5.79. The smallest absolute Gasteiger partial charge is 0.419 e. The molecule has 10 heteroatoms. The number of nitrogens with one attached hydrogen (secondary N) is 1. The number of aromatic nitrogens is 3. The van der Waals surface area contributed by atoms with E-state index in [4.69, 9.17) is 9.47 Å². The molecule has 0 aliphatic carbocycles. The minimum atomic E-state index is -4.50. The summed E-state index contributed by atoms with van der Waals surface area (Å²) in [6.07, 6.45) is -3.60. The Labute approximate surface area is 172 Å². The van der Waals surface area contributed by atoms with E-state index in [1.807, 2.05) is 0 Å². The van der Waals surface area contributed by atoms with Crippen LogP contribution in [0.4, 0.5) is 19.0 Å². The van der Waals surface area contributed by atoms with Gasteiger partial charge in [0.2, 0.25) is 5.88 Å². The van der Waals surface area contributed by atoms with Gasteiger partial charge in [0.05, 0.1) is 29.1 Å². The Hall–Kier alpha value is -2.62. The molecule has 1 aromatic carbocycles. The zero-order chi connectivity index (χ0) is 20.6. The predicted molar refractivity (Wildman–Crippen MR) is 104 cm³/mol. The van der Waals surface area contributed by atoms with Crippen LogP contribution in [0.2, 0.25) is 0 Å². The highest BCUT2D eigenvalue weighted by atomic mass is 79.9. The molecule has 1 N–H and O–H groups in total. The molecule has 29 heavy (non-hydrogen) atoms. The molecule has 2 aromatic heterocycles. The first-order chi connectivity index (χ1) is 13.9. The summed E-state index contributed by atoms with van der Waals surface area (Å²) in [5.41, 5.74) is 0.0606. The first kappa shape index (κ1) is 19.7. The van der Waals surface area contributed by atoms with Gasteiger partial charge in [-0.15, -0.1) is 0 Å². The van der Waals surface area contributed by atoms with Crippen LogP contribution < -0.4 is 14.8 Å².